The Kier molecular flexibility index (Phi) is 1.85. The van der Waals surface area contributed by atoms with E-state index >= 15 is 0 Å². The summed E-state index contributed by atoms with van der Waals surface area (Å²) in [7, 11) is 0. The van der Waals surface area contributed by atoms with Gasteiger partial charge in [0.1, 0.15) is 0 Å². The fourth-order valence-corrected chi connectivity index (χ4v) is 0.764. The molecule has 1 aliphatic heterocycles. The van der Waals surface area contributed by atoms with Crippen LogP contribution in [0.1, 0.15) is 6.42 Å². The topological polar surface area (TPSA) is 49.3 Å². The van der Waals surface area contributed by atoms with Crippen LogP contribution in [0.4, 0.5) is 0 Å². The van der Waals surface area contributed by atoms with Crippen LogP contribution in [0.5, 0.6) is 0 Å². The van der Waals surface area contributed by atoms with Crippen molar-refractivity contribution in [2.75, 3.05) is 6.61 Å². The highest BCUT2D eigenvalue weighted by atomic mass is 16.3. The van der Waals surface area contributed by atoms with Crippen molar-refractivity contribution in [3.8, 4) is 0 Å². The van der Waals surface area contributed by atoms with Gasteiger partial charge >= 0.3 is 0 Å². The molecule has 0 radical (unpaired) electrons. The van der Waals surface area contributed by atoms with E-state index < -0.39 is 0 Å². The monoisotopic (exact) mass is 127 g/mol. The molecule has 0 aliphatic carbocycles. The molecule has 0 fully saturated rings. The molecule has 9 heavy (non-hydrogen) atoms. The lowest BCUT2D eigenvalue weighted by molar-refractivity contribution is -0.115. The smallest absolute Gasteiger partial charge is 0.159 e. The number of aliphatic hydroxyl groups excluding tert-OH is 1. The summed E-state index contributed by atoms with van der Waals surface area (Å²) in [5.74, 6) is 0.0767. The summed E-state index contributed by atoms with van der Waals surface area (Å²) in [6.07, 6.45) is 3.46. The Labute approximate surface area is 53.4 Å². The van der Waals surface area contributed by atoms with Gasteiger partial charge in [0.2, 0.25) is 0 Å². The molecule has 2 N–H and O–H groups in total. The summed E-state index contributed by atoms with van der Waals surface area (Å²) >= 11 is 0. The van der Waals surface area contributed by atoms with E-state index in [2.05, 4.69) is 5.32 Å². The lowest BCUT2D eigenvalue weighted by atomic mass is 10.1. The maximum Gasteiger partial charge on any atom is 0.159 e. The van der Waals surface area contributed by atoms with Gasteiger partial charge in [-0.3, -0.25) is 4.79 Å². The largest absolute Gasteiger partial charge is 0.394 e. The summed E-state index contributed by atoms with van der Waals surface area (Å²) in [5.41, 5.74) is 0. The third-order valence-electron chi connectivity index (χ3n) is 1.27. The van der Waals surface area contributed by atoms with Crippen molar-refractivity contribution in [2.24, 2.45) is 0 Å². The van der Waals surface area contributed by atoms with Gasteiger partial charge in [-0.25, -0.2) is 0 Å². The highest BCUT2D eigenvalue weighted by Crippen LogP contribution is 1.98. The lowest BCUT2D eigenvalue weighted by Gasteiger charge is -2.15. The first kappa shape index (κ1) is 6.29. The molecule has 1 heterocycles. The molecule has 1 atom stereocenters. The number of nitrogens with one attached hydrogen (secondary N) is 1. The predicted molar refractivity (Wildman–Crippen MR) is 32.8 cm³/mol. The Morgan fingerprint density at radius 3 is 3.11 bits per heavy atom. The molecule has 3 nitrogen and oxygen atoms in total. The first-order valence-electron chi connectivity index (χ1n) is 2.89. The van der Waals surface area contributed by atoms with Crippen molar-refractivity contribution in [3.63, 3.8) is 0 Å². The Morgan fingerprint density at radius 1 is 1.89 bits per heavy atom. The third-order valence-corrected chi connectivity index (χ3v) is 1.27. The number of rotatable bonds is 1. The normalized spacial score (nSPS) is 25.9. The SMILES string of the molecule is O=C1C=CN[C@@H](CO)C1. The molecular formula is C6H9NO2. The van der Waals surface area contributed by atoms with Crippen LogP contribution in [-0.2, 0) is 4.79 Å². The molecule has 0 aromatic heterocycles. The molecule has 0 bridgehead atoms. The summed E-state index contributed by atoms with van der Waals surface area (Å²) < 4.78 is 0. The number of ketones is 1. The van der Waals surface area contributed by atoms with Gasteiger partial charge in [-0.2, -0.15) is 0 Å². The number of hydrogen-bond acceptors (Lipinski definition) is 3. The van der Waals surface area contributed by atoms with Crippen molar-refractivity contribution in [1.82, 2.24) is 5.32 Å². The Hall–Kier alpha value is -0.830. The molecule has 0 aromatic carbocycles. The molecular weight excluding hydrogens is 118 g/mol. The molecule has 0 saturated heterocycles. The molecule has 0 unspecified atom stereocenters. The minimum Gasteiger partial charge on any atom is -0.394 e. The maximum atomic E-state index is 10.6. The van der Waals surface area contributed by atoms with Crippen LogP contribution in [-0.4, -0.2) is 23.5 Å². The number of allylic oxidation sites excluding steroid dienone is 1. The average molecular weight is 127 g/mol. The van der Waals surface area contributed by atoms with Gasteiger partial charge in [0.25, 0.3) is 0 Å². The van der Waals surface area contributed by atoms with Gasteiger partial charge < -0.3 is 10.4 Å². The van der Waals surface area contributed by atoms with Crippen molar-refractivity contribution in [1.29, 1.82) is 0 Å². The van der Waals surface area contributed by atoms with Crippen LogP contribution in [0.25, 0.3) is 0 Å². The van der Waals surface area contributed by atoms with E-state index in [1.807, 2.05) is 0 Å². The second-order valence-corrected chi connectivity index (χ2v) is 2.05. The first-order valence-corrected chi connectivity index (χ1v) is 2.89. The highest BCUT2D eigenvalue weighted by Gasteiger charge is 2.12. The van der Waals surface area contributed by atoms with Gasteiger partial charge in [0.15, 0.2) is 5.78 Å². The van der Waals surface area contributed by atoms with Gasteiger partial charge in [-0.05, 0) is 6.08 Å². The standard InChI is InChI=1S/C6H9NO2/c8-4-5-3-6(9)1-2-7-5/h1-2,5,7-8H,3-4H2/t5-/m1/s1. The van der Waals surface area contributed by atoms with Gasteiger partial charge in [-0.1, -0.05) is 0 Å². The van der Waals surface area contributed by atoms with E-state index in [1.54, 1.807) is 6.20 Å². The zero-order valence-corrected chi connectivity index (χ0v) is 5.00. The van der Waals surface area contributed by atoms with Crippen LogP contribution in [0.3, 0.4) is 0 Å². The van der Waals surface area contributed by atoms with Crippen LogP contribution < -0.4 is 5.32 Å². The fraction of sp³-hybridized carbons (Fsp3) is 0.500. The molecule has 0 aromatic rings. The Bertz CT molecular complexity index is 142. The van der Waals surface area contributed by atoms with Crippen LogP contribution >= 0.6 is 0 Å². The van der Waals surface area contributed by atoms with Gasteiger partial charge in [0, 0.05) is 12.6 Å². The molecule has 50 valence electrons. The lowest BCUT2D eigenvalue weighted by Crippen LogP contribution is -2.33. The van der Waals surface area contributed by atoms with Crippen LogP contribution in [0.2, 0.25) is 0 Å². The molecule has 0 saturated carbocycles. The minimum atomic E-state index is -0.0671. The van der Waals surface area contributed by atoms with E-state index in [0.29, 0.717) is 6.42 Å². The van der Waals surface area contributed by atoms with Gasteiger partial charge in [-0.15, -0.1) is 0 Å². The number of carbonyl (C=O) groups is 1. The molecule has 1 rings (SSSR count). The van der Waals surface area contributed by atoms with E-state index in [9.17, 15) is 4.79 Å². The van der Waals surface area contributed by atoms with Crippen molar-refractivity contribution < 1.29 is 9.90 Å². The molecule has 0 spiro atoms. The Balaban J connectivity index is 2.47. The van der Waals surface area contributed by atoms with Crippen molar-refractivity contribution in [3.05, 3.63) is 12.3 Å². The van der Waals surface area contributed by atoms with E-state index in [1.165, 1.54) is 6.08 Å². The molecule has 0 amide bonds. The zero-order valence-electron chi connectivity index (χ0n) is 5.00. The van der Waals surface area contributed by atoms with Gasteiger partial charge in [0.05, 0.1) is 12.6 Å². The summed E-state index contributed by atoms with van der Waals surface area (Å²) in [6.45, 7) is 0.0239. The zero-order chi connectivity index (χ0) is 6.69. The summed E-state index contributed by atoms with van der Waals surface area (Å²) in [5, 5.41) is 11.4. The van der Waals surface area contributed by atoms with Crippen molar-refractivity contribution >= 4 is 5.78 Å². The molecule has 1 aliphatic rings. The molecule has 3 heteroatoms. The summed E-state index contributed by atoms with van der Waals surface area (Å²) in [4.78, 5) is 10.6. The van der Waals surface area contributed by atoms with Crippen LogP contribution in [0, 0.1) is 0 Å². The van der Waals surface area contributed by atoms with E-state index in [4.69, 9.17) is 5.11 Å². The quantitative estimate of drug-likeness (QED) is 0.495. The second kappa shape index (κ2) is 2.64. The van der Waals surface area contributed by atoms with E-state index in [0.717, 1.165) is 0 Å². The average Bonchev–Trinajstić information content (AvgIpc) is 1.88. The Morgan fingerprint density at radius 2 is 2.67 bits per heavy atom. The fourth-order valence-electron chi connectivity index (χ4n) is 0.764. The third kappa shape index (κ3) is 1.54. The summed E-state index contributed by atoms with van der Waals surface area (Å²) in [6, 6.07) is -0.0671. The van der Waals surface area contributed by atoms with E-state index in [-0.39, 0.29) is 18.4 Å². The highest BCUT2D eigenvalue weighted by molar-refractivity contribution is 5.90. The number of hydrogen-bond donors (Lipinski definition) is 2. The second-order valence-electron chi connectivity index (χ2n) is 2.05. The maximum absolute atomic E-state index is 10.6. The minimum absolute atomic E-state index is 0.0239. The first-order chi connectivity index (χ1) is 4.33. The van der Waals surface area contributed by atoms with Crippen LogP contribution in [0.15, 0.2) is 12.3 Å². The number of carbonyl (C=O) groups excluding carboxylic acids is 1. The van der Waals surface area contributed by atoms with Crippen molar-refractivity contribution in [2.45, 2.75) is 12.5 Å². The number of aliphatic hydroxyl groups is 1. The predicted octanol–water partition coefficient (Wildman–Crippen LogP) is -0.577.